The fraction of sp³-hybridized carbons (Fsp3) is 0.824. The number of hydrogen-bond acceptors (Lipinski definition) is 4. The Labute approximate surface area is 134 Å². The van der Waals surface area contributed by atoms with Crippen molar-refractivity contribution in [2.75, 3.05) is 20.6 Å². The second-order valence-corrected chi connectivity index (χ2v) is 8.09. The van der Waals surface area contributed by atoms with E-state index in [0.29, 0.717) is 6.04 Å². The van der Waals surface area contributed by atoms with Gasteiger partial charge in [-0.15, -0.1) is 11.3 Å². The van der Waals surface area contributed by atoms with Crippen LogP contribution >= 0.6 is 11.3 Å². The molecule has 1 aromatic rings. The van der Waals surface area contributed by atoms with Crippen LogP contribution in [0.5, 0.6) is 0 Å². The van der Waals surface area contributed by atoms with Crippen molar-refractivity contribution >= 4 is 11.3 Å². The van der Waals surface area contributed by atoms with Gasteiger partial charge in [-0.3, -0.25) is 0 Å². The molecule has 1 aliphatic rings. The van der Waals surface area contributed by atoms with E-state index in [2.05, 4.69) is 55.4 Å². The highest BCUT2D eigenvalue weighted by Crippen LogP contribution is 2.34. The summed E-state index contributed by atoms with van der Waals surface area (Å²) in [7, 11) is 4.36. The molecule has 21 heavy (non-hydrogen) atoms. The van der Waals surface area contributed by atoms with Gasteiger partial charge < -0.3 is 10.2 Å². The van der Waals surface area contributed by atoms with Crippen molar-refractivity contribution in [1.82, 2.24) is 15.2 Å². The minimum absolute atomic E-state index is 0.680. The van der Waals surface area contributed by atoms with E-state index in [-0.39, 0.29) is 0 Å². The van der Waals surface area contributed by atoms with Gasteiger partial charge in [0, 0.05) is 24.5 Å². The Kier molecular flexibility index (Phi) is 6.20. The normalized spacial score (nSPS) is 26.7. The van der Waals surface area contributed by atoms with Gasteiger partial charge in [-0.2, -0.15) is 0 Å². The Morgan fingerprint density at radius 1 is 1.43 bits per heavy atom. The lowest BCUT2D eigenvalue weighted by molar-refractivity contribution is 0.133. The summed E-state index contributed by atoms with van der Waals surface area (Å²) < 4.78 is 0. The number of nitrogens with one attached hydrogen (secondary N) is 1. The molecule has 0 bridgehead atoms. The fourth-order valence-corrected chi connectivity index (χ4v) is 4.31. The van der Waals surface area contributed by atoms with Gasteiger partial charge in [-0.1, -0.05) is 13.8 Å². The summed E-state index contributed by atoms with van der Waals surface area (Å²) in [5, 5.41) is 6.91. The van der Waals surface area contributed by atoms with E-state index in [4.69, 9.17) is 0 Å². The predicted molar refractivity (Wildman–Crippen MR) is 91.7 cm³/mol. The minimum atomic E-state index is 0.680. The van der Waals surface area contributed by atoms with Crippen LogP contribution < -0.4 is 5.32 Å². The highest BCUT2D eigenvalue weighted by molar-refractivity contribution is 7.09. The molecule has 0 saturated heterocycles. The van der Waals surface area contributed by atoms with Crippen LogP contribution in [-0.2, 0) is 6.54 Å². The van der Waals surface area contributed by atoms with Crippen LogP contribution in [0.1, 0.15) is 43.8 Å². The van der Waals surface area contributed by atoms with E-state index in [1.54, 1.807) is 11.3 Å². The number of aromatic nitrogens is 1. The molecule has 0 amide bonds. The molecule has 0 aromatic carbocycles. The first-order valence-electron chi connectivity index (χ1n) is 8.26. The molecule has 1 fully saturated rings. The van der Waals surface area contributed by atoms with Gasteiger partial charge in [0.05, 0.1) is 10.7 Å². The zero-order valence-electron chi connectivity index (χ0n) is 14.2. The van der Waals surface area contributed by atoms with Gasteiger partial charge in [-0.05, 0) is 58.0 Å². The summed E-state index contributed by atoms with van der Waals surface area (Å²) in [6, 6.07) is 0.680. The molecule has 0 spiro atoms. The van der Waals surface area contributed by atoms with Gasteiger partial charge in [0.2, 0.25) is 0 Å². The Bertz CT molecular complexity index is 429. The van der Waals surface area contributed by atoms with Crippen LogP contribution in [0.2, 0.25) is 0 Å². The van der Waals surface area contributed by atoms with Gasteiger partial charge in [0.15, 0.2) is 0 Å². The lowest BCUT2D eigenvalue weighted by Gasteiger charge is -2.39. The molecule has 3 atom stereocenters. The molecule has 120 valence electrons. The van der Waals surface area contributed by atoms with Gasteiger partial charge in [0.1, 0.15) is 0 Å². The van der Waals surface area contributed by atoms with Crippen molar-refractivity contribution in [3.05, 3.63) is 16.1 Å². The first kappa shape index (κ1) is 16.9. The third-order valence-electron chi connectivity index (χ3n) is 4.98. The molecule has 1 N–H and O–H groups in total. The van der Waals surface area contributed by atoms with Crippen LogP contribution in [-0.4, -0.2) is 36.6 Å². The topological polar surface area (TPSA) is 28.2 Å². The summed E-state index contributed by atoms with van der Waals surface area (Å²) in [4.78, 5) is 7.04. The van der Waals surface area contributed by atoms with E-state index in [9.17, 15) is 0 Å². The van der Waals surface area contributed by atoms with E-state index in [0.717, 1.165) is 24.3 Å². The van der Waals surface area contributed by atoms with Gasteiger partial charge >= 0.3 is 0 Å². The second-order valence-electron chi connectivity index (χ2n) is 7.03. The maximum atomic E-state index is 4.59. The number of aryl methyl sites for hydroxylation is 1. The molecule has 3 unspecified atom stereocenters. The van der Waals surface area contributed by atoms with E-state index < -0.39 is 0 Å². The maximum Gasteiger partial charge on any atom is 0.0897 e. The third-order valence-corrected chi connectivity index (χ3v) is 5.80. The van der Waals surface area contributed by atoms with Crippen molar-refractivity contribution in [3.8, 4) is 0 Å². The van der Waals surface area contributed by atoms with E-state index in [1.807, 2.05) is 0 Å². The van der Waals surface area contributed by atoms with Gasteiger partial charge in [-0.25, -0.2) is 4.98 Å². The monoisotopic (exact) mass is 309 g/mol. The maximum absolute atomic E-state index is 4.59. The highest BCUT2D eigenvalue weighted by atomic mass is 32.1. The number of rotatable bonds is 6. The number of nitrogens with zero attached hydrogens (tertiary/aromatic N) is 2. The first-order valence-corrected chi connectivity index (χ1v) is 9.14. The zero-order valence-corrected chi connectivity index (χ0v) is 15.0. The van der Waals surface area contributed by atoms with Gasteiger partial charge in [0.25, 0.3) is 0 Å². The lowest BCUT2D eigenvalue weighted by atomic mass is 9.73. The first-order chi connectivity index (χ1) is 9.99. The molecular weight excluding hydrogens is 278 g/mol. The Morgan fingerprint density at radius 3 is 2.76 bits per heavy atom. The molecule has 1 aromatic heterocycles. The number of thiazole rings is 1. The molecule has 1 aliphatic carbocycles. The minimum Gasteiger partial charge on any atom is -0.317 e. The average Bonchev–Trinajstić information content (AvgIpc) is 2.83. The summed E-state index contributed by atoms with van der Waals surface area (Å²) >= 11 is 1.75. The molecule has 0 radical (unpaired) electrons. The predicted octanol–water partition coefficient (Wildman–Crippen LogP) is 3.54. The molecule has 3 nitrogen and oxygen atoms in total. The van der Waals surface area contributed by atoms with Crippen LogP contribution in [0.3, 0.4) is 0 Å². The van der Waals surface area contributed by atoms with Crippen LogP contribution in [0.25, 0.3) is 0 Å². The average molecular weight is 310 g/mol. The summed E-state index contributed by atoms with van der Waals surface area (Å²) in [5.41, 5.74) is 1.22. The smallest absolute Gasteiger partial charge is 0.0897 e. The molecule has 2 rings (SSSR count). The number of hydrogen-bond donors (Lipinski definition) is 1. The molecule has 1 heterocycles. The molecule has 1 saturated carbocycles. The molecular formula is C17H31N3S. The van der Waals surface area contributed by atoms with Crippen molar-refractivity contribution < 1.29 is 0 Å². The van der Waals surface area contributed by atoms with Crippen molar-refractivity contribution in [3.63, 3.8) is 0 Å². The second kappa shape index (κ2) is 7.70. The Hall–Kier alpha value is -0.450. The standard InChI is InChI=1S/C17H31N3S/c1-12(2)14-6-7-17(18-4)15(8-14)9-20(5)10-16-11-21-13(3)19-16/h11-12,14-15,17-18H,6-10H2,1-5H3. The fourth-order valence-electron chi connectivity index (χ4n) is 3.71. The summed E-state index contributed by atoms with van der Waals surface area (Å²) in [5.74, 6) is 2.48. The molecule has 4 heteroatoms. The van der Waals surface area contributed by atoms with E-state index >= 15 is 0 Å². The van der Waals surface area contributed by atoms with Crippen LogP contribution in [0.15, 0.2) is 5.38 Å². The summed E-state index contributed by atoms with van der Waals surface area (Å²) in [6.45, 7) is 8.99. The SMILES string of the molecule is CNC1CCC(C(C)C)CC1CN(C)Cc1csc(C)n1. The Morgan fingerprint density at radius 2 is 2.19 bits per heavy atom. The zero-order chi connectivity index (χ0) is 15.4. The largest absolute Gasteiger partial charge is 0.317 e. The van der Waals surface area contributed by atoms with Crippen molar-refractivity contribution in [1.29, 1.82) is 0 Å². The van der Waals surface area contributed by atoms with E-state index in [1.165, 1.54) is 36.5 Å². The van der Waals surface area contributed by atoms with Crippen LogP contribution in [0.4, 0.5) is 0 Å². The quantitative estimate of drug-likeness (QED) is 0.871. The Balaban J connectivity index is 1.91. The summed E-state index contributed by atoms with van der Waals surface area (Å²) in [6.07, 6.45) is 4.08. The molecule has 0 aliphatic heterocycles. The highest BCUT2D eigenvalue weighted by Gasteiger charge is 2.31. The van der Waals surface area contributed by atoms with Crippen molar-refractivity contribution in [2.24, 2.45) is 17.8 Å². The van der Waals surface area contributed by atoms with Crippen LogP contribution in [0, 0.1) is 24.7 Å². The lowest BCUT2D eigenvalue weighted by Crippen LogP contribution is -2.44. The van der Waals surface area contributed by atoms with Crippen molar-refractivity contribution in [2.45, 2.75) is 52.6 Å². The third kappa shape index (κ3) is 4.76.